The summed E-state index contributed by atoms with van der Waals surface area (Å²) in [6, 6.07) is 5.11. The molecule has 2 amide bonds. The zero-order chi connectivity index (χ0) is 20.3. The molecule has 1 aromatic carbocycles. The summed E-state index contributed by atoms with van der Waals surface area (Å²) in [5.41, 5.74) is 3.41. The maximum atomic E-state index is 12.8. The number of carbonyl (C=O) groups excluding carboxylic acids is 3. The molecule has 2 aromatic rings. The van der Waals surface area contributed by atoms with Gasteiger partial charge in [0, 0.05) is 24.0 Å². The van der Waals surface area contributed by atoms with E-state index in [-0.39, 0.29) is 17.7 Å². The van der Waals surface area contributed by atoms with Gasteiger partial charge in [0.1, 0.15) is 5.69 Å². The number of nitrogens with one attached hydrogen (secondary N) is 3. The molecule has 0 saturated heterocycles. The molecule has 0 fully saturated rings. The highest BCUT2D eigenvalue weighted by molar-refractivity contribution is 6.08. The Morgan fingerprint density at radius 2 is 1.70 bits per heavy atom. The van der Waals surface area contributed by atoms with Gasteiger partial charge in [-0.05, 0) is 57.9 Å². The van der Waals surface area contributed by atoms with Gasteiger partial charge in [0.15, 0.2) is 0 Å². The van der Waals surface area contributed by atoms with Gasteiger partial charge < -0.3 is 20.4 Å². The van der Waals surface area contributed by atoms with Crippen molar-refractivity contribution in [3.05, 3.63) is 51.8 Å². The van der Waals surface area contributed by atoms with Crippen molar-refractivity contribution < 1.29 is 19.1 Å². The summed E-state index contributed by atoms with van der Waals surface area (Å²) in [5, 5.41) is 5.38. The molecule has 0 spiro atoms. The minimum Gasteiger partial charge on any atom is -0.459 e. The van der Waals surface area contributed by atoms with E-state index >= 15 is 0 Å². The zero-order valence-electron chi connectivity index (χ0n) is 16.4. The standard InChI is InChI=1S/C20H25N3O4/c1-10(2)27-20(26)16-12(4)17(22-13(16)5)19(25)23-15-9-7-8-14(11(15)3)18(24)21-6/h7-10,22H,1-6H3,(H,21,24)(H,23,25). The Balaban J connectivity index is 2.33. The predicted octanol–water partition coefficient (Wildman–Crippen LogP) is 3.12. The van der Waals surface area contributed by atoms with E-state index in [2.05, 4.69) is 15.6 Å². The van der Waals surface area contributed by atoms with Gasteiger partial charge in [-0.3, -0.25) is 9.59 Å². The van der Waals surface area contributed by atoms with Crippen molar-refractivity contribution in [2.75, 3.05) is 12.4 Å². The van der Waals surface area contributed by atoms with E-state index in [1.165, 1.54) is 0 Å². The van der Waals surface area contributed by atoms with Crippen LogP contribution in [0.2, 0.25) is 0 Å². The molecule has 1 heterocycles. The van der Waals surface area contributed by atoms with Gasteiger partial charge in [-0.2, -0.15) is 0 Å². The molecule has 7 heteroatoms. The second kappa shape index (κ2) is 8.07. The van der Waals surface area contributed by atoms with Crippen LogP contribution in [0.15, 0.2) is 18.2 Å². The third-order valence-electron chi connectivity index (χ3n) is 4.27. The lowest BCUT2D eigenvalue weighted by Gasteiger charge is -2.12. The fraction of sp³-hybridized carbons (Fsp3) is 0.350. The Morgan fingerprint density at radius 3 is 2.30 bits per heavy atom. The molecule has 144 valence electrons. The summed E-state index contributed by atoms with van der Waals surface area (Å²) in [7, 11) is 1.55. The number of ether oxygens (including phenoxy) is 1. The van der Waals surface area contributed by atoms with Gasteiger partial charge in [-0.25, -0.2) is 4.79 Å². The van der Waals surface area contributed by atoms with Crippen LogP contribution in [-0.2, 0) is 4.74 Å². The number of esters is 1. The van der Waals surface area contributed by atoms with Crippen LogP contribution in [-0.4, -0.2) is 35.9 Å². The number of hydrogen-bond acceptors (Lipinski definition) is 4. The fourth-order valence-electron chi connectivity index (χ4n) is 2.89. The number of rotatable bonds is 5. The molecule has 0 bridgehead atoms. The topological polar surface area (TPSA) is 100 Å². The minimum atomic E-state index is -0.465. The van der Waals surface area contributed by atoms with Crippen molar-refractivity contribution in [1.82, 2.24) is 10.3 Å². The van der Waals surface area contributed by atoms with Crippen LogP contribution >= 0.6 is 0 Å². The summed E-state index contributed by atoms with van der Waals surface area (Å²) in [5.74, 6) is -1.08. The van der Waals surface area contributed by atoms with Crippen LogP contribution in [0.3, 0.4) is 0 Å². The molecule has 0 radical (unpaired) electrons. The van der Waals surface area contributed by atoms with Crippen LogP contribution in [0.25, 0.3) is 0 Å². The Kier molecular flexibility index (Phi) is 6.05. The number of hydrogen-bond donors (Lipinski definition) is 3. The minimum absolute atomic E-state index is 0.228. The summed E-state index contributed by atoms with van der Waals surface area (Å²) in [6.07, 6.45) is -0.251. The fourth-order valence-corrected chi connectivity index (χ4v) is 2.89. The number of anilines is 1. The second-order valence-corrected chi connectivity index (χ2v) is 6.59. The average Bonchev–Trinajstić information content (AvgIpc) is 2.90. The molecule has 0 unspecified atom stereocenters. The van der Waals surface area contributed by atoms with Gasteiger partial charge in [0.2, 0.25) is 0 Å². The molecule has 7 nitrogen and oxygen atoms in total. The SMILES string of the molecule is CNC(=O)c1cccc(NC(=O)c2[nH]c(C)c(C(=O)OC(C)C)c2C)c1C. The van der Waals surface area contributed by atoms with Crippen LogP contribution in [0.4, 0.5) is 5.69 Å². The lowest BCUT2D eigenvalue weighted by Crippen LogP contribution is -2.20. The third kappa shape index (κ3) is 4.19. The van der Waals surface area contributed by atoms with Crippen LogP contribution in [0.5, 0.6) is 0 Å². The third-order valence-corrected chi connectivity index (χ3v) is 4.27. The number of H-pyrrole nitrogens is 1. The molecule has 0 saturated carbocycles. The van der Waals surface area contributed by atoms with Crippen LogP contribution in [0.1, 0.15) is 61.9 Å². The summed E-state index contributed by atoms with van der Waals surface area (Å²) in [6.45, 7) is 8.72. The first kappa shape index (κ1) is 20.2. The zero-order valence-corrected chi connectivity index (χ0v) is 16.4. The first-order valence-electron chi connectivity index (χ1n) is 8.70. The lowest BCUT2D eigenvalue weighted by atomic mass is 10.1. The molecule has 3 N–H and O–H groups in total. The van der Waals surface area contributed by atoms with Gasteiger partial charge in [-0.15, -0.1) is 0 Å². The highest BCUT2D eigenvalue weighted by atomic mass is 16.5. The highest BCUT2D eigenvalue weighted by Crippen LogP contribution is 2.23. The molecule has 27 heavy (non-hydrogen) atoms. The second-order valence-electron chi connectivity index (χ2n) is 6.59. The van der Waals surface area contributed by atoms with Crippen molar-refractivity contribution in [2.24, 2.45) is 0 Å². The number of aryl methyl sites for hydroxylation is 1. The van der Waals surface area contributed by atoms with Gasteiger partial charge in [0.05, 0.1) is 11.7 Å². The van der Waals surface area contributed by atoms with E-state index in [4.69, 9.17) is 4.74 Å². The smallest absolute Gasteiger partial charge is 0.340 e. The van der Waals surface area contributed by atoms with Crippen molar-refractivity contribution >= 4 is 23.5 Å². The van der Waals surface area contributed by atoms with E-state index in [9.17, 15) is 14.4 Å². The van der Waals surface area contributed by atoms with Crippen LogP contribution < -0.4 is 10.6 Å². The van der Waals surface area contributed by atoms with E-state index in [1.807, 2.05) is 0 Å². The van der Waals surface area contributed by atoms with Crippen molar-refractivity contribution in [3.63, 3.8) is 0 Å². The Morgan fingerprint density at radius 1 is 1.04 bits per heavy atom. The van der Waals surface area contributed by atoms with Crippen molar-refractivity contribution in [2.45, 2.75) is 40.7 Å². The first-order chi connectivity index (χ1) is 12.7. The molecule has 0 aliphatic carbocycles. The average molecular weight is 371 g/mol. The number of aromatic nitrogens is 1. The predicted molar refractivity (Wildman–Crippen MR) is 103 cm³/mol. The molecular formula is C20H25N3O4. The summed E-state index contributed by atoms with van der Waals surface area (Å²) >= 11 is 0. The molecular weight excluding hydrogens is 346 g/mol. The monoisotopic (exact) mass is 371 g/mol. The molecule has 2 rings (SSSR count). The van der Waals surface area contributed by atoms with Crippen molar-refractivity contribution in [1.29, 1.82) is 0 Å². The normalized spacial score (nSPS) is 10.6. The van der Waals surface area contributed by atoms with Gasteiger partial charge >= 0.3 is 5.97 Å². The Bertz CT molecular complexity index is 897. The highest BCUT2D eigenvalue weighted by Gasteiger charge is 2.24. The number of aromatic amines is 1. The number of benzene rings is 1. The maximum Gasteiger partial charge on any atom is 0.340 e. The molecule has 0 aliphatic heterocycles. The molecule has 1 aromatic heterocycles. The first-order valence-corrected chi connectivity index (χ1v) is 8.70. The molecule has 0 atom stereocenters. The van der Waals surface area contributed by atoms with Gasteiger partial charge in [-0.1, -0.05) is 6.07 Å². The van der Waals surface area contributed by atoms with E-state index in [0.29, 0.717) is 33.6 Å². The summed E-state index contributed by atoms with van der Waals surface area (Å²) in [4.78, 5) is 39.9. The summed E-state index contributed by atoms with van der Waals surface area (Å²) < 4.78 is 5.25. The van der Waals surface area contributed by atoms with E-state index in [0.717, 1.165) is 0 Å². The van der Waals surface area contributed by atoms with E-state index < -0.39 is 11.9 Å². The Labute approximate surface area is 158 Å². The lowest BCUT2D eigenvalue weighted by molar-refractivity contribution is 0.0376. The maximum absolute atomic E-state index is 12.8. The Hall–Kier alpha value is -3.09. The largest absolute Gasteiger partial charge is 0.459 e. The quantitative estimate of drug-likeness (QED) is 0.703. The van der Waals surface area contributed by atoms with E-state index in [1.54, 1.807) is 59.9 Å². The number of amides is 2. The van der Waals surface area contributed by atoms with Crippen LogP contribution in [0, 0.1) is 20.8 Å². The number of carbonyl (C=O) groups is 3. The van der Waals surface area contributed by atoms with Crippen molar-refractivity contribution in [3.8, 4) is 0 Å². The molecule has 0 aliphatic rings. The van der Waals surface area contributed by atoms with Gasteiger partial charge in [0.25, 0.3) is 11.8 Å².